The number of ether oxygens (including phenoxy) is 2. The number of carboxylic acids is 1. The standard InChI is InChI=1S/C19H21F3O8S/c1-9(7-10(2)17(23)24)5-6-12-15(28-4)11(3)13-8-29-18(25)14(13)16(12)30-31(26,27)19(20,21)22/h5,10H,6-8H2,1-4H3,(H,23,24)/b9-5+. The summed E-state index contributed by atoms with van der Waals surface area (Å²) in [7, 11) is -4.85. The zero-order chi connectivity index (χ0) is 23.7. The molecule has 12 heteroatoms. The molecule has 1 unspecified atom stereocenters. The van der Waals surface area contributed by atoms with Crippen LogP contribution >= 0.6 is 0 Å². The molecule has 1 aromatic rings. The maximum Gasteiger partial charge on any atom is 0.534 e. The summed E-state index contributed by atoms with van der Waals surface area (Å²) in [4.78, 5) is 23.2. The summed E-state index contributed by atoms with van der Waals surface area (Å²) in [6, 6.07) is 0. The van der Waals surface area contributed by atoms with Gasteiger partial charge in [0.2, 0.25) is 0 Å². The molecule has 1 atom stereocenters. The molecular formula is C19H21F3O8S. The Morgan fingerprint density at radius 1 is 1.32 bits per heavy atom. The molecule has 8 nitrogen and oxygen atoms in total. The molecule has 31 heavy (non-hydrogen) atoms. The largest absolute Gasteiger partial charge is 0.534 e. The summed E-state index contributed by atoms with van der Waals surface area (Å²) < 4.78 is 76.9. The van der Waals surface area contributed by atoms with Crippen LogP contribution in [0.5, 0.6) is 11.5 Å². The number of cyclic esters (lactones) is 1. The number of halogens is 3. The Morgan fingerprint density at radius 3 is 2.45 bits per heavy atom. The highest BCUT2D eigenvalue weighted by molar-refractivity contribution is 7.88. The van der Waals surface area contributed by atoms with Crippen LogP contribution in [0.3, 0.4) is 0 Å². The fraction of sp³-hybridized carbons (Fsp3) is 0.474. The molecule has 1 aliphatic heterocycles. The normalized spacial score (nSPS) is 15.3. The molecule has 1 heterocycles. The van der Waals surface area contributed by atoms with Gasteiger partial charge in [0, 0.05) is 11.1 Å². The van der Waals surface area contributed by atoms with Gasteiger partial charge in [0.25, 0.3) is 0 Å². The van der Waals surface area contributed by atoms with Gasteiger partial charge >= 0.3 is 27.6 Å². The van der Waals surface area contributed by atoms with E-state index in [-0.39, 0.29) is 36.3 Å². The third kappa shape index (κ3) is 4.94. The predicted octanol–water partition coefficient (Wildman–Crippen LogP) is 3.50. The van der Waals surface area contributed by atoms with Crippen LogP contribution in [0.25, 0.3) is 0 Å². The Hall–Kier alpha value is -2.76. The number of rotatable bonds is 8. The summed E-state index contributed by atoms with van der Waals surface area (Å²) in [6.45, 7) is 4.38. The third-order valence-electron chi connectivity index (χ3n) is 4.81. The maximum absolute atomic E-state index is 13.0. The highest BCUT2D eigenvalue weighted by atomic mass is 32.2. The first-order chi connectivity index (χ1) is 14.2. The highest BCUT2D eigenvalue weighted by Crippen LogP contribution is 2.44. The van der Waals surface area contributed by atoms with E-state index >= 15 is 0 Å². The minimum atomic E-state index is -6.09. The summed E-state index contributed by atoms with van der Waals surface area (Å²) in [5.41, 5.74) is -5.10. The van der Waals surface area contributed by atoms with Gasteiger partial charge in [0.05, 0.1) is 13.0 Å². The number of carbonyl (C=O) groups is 2. The molecule has 1 aliphatic rings. The Kier molecular flexibility index (Phi) is 6.94. The maximum atomic E-state index is 13.0. The number of hydrogen-bond acceptors (Lipinski definition) is 7. The van der Waals surface area contributed by atoms with Gasteiger partial charge in [-0.2, -0.15) is 21.6 Å². The second-order valence-electron chi connectivity index (χ2n) is 7.08. The molecule has 0 aromatic heterocycles. The summed E-state index contributed by atoms with van der Waals surface area (Å²) in [6.07, 6.45) is 1.49. The number of esters is 1. The average Bonchev–Trinajstić information content (AvgIpc) is 3.03. The fourth-order valence-electron chi connectivity index (χ4n) is 3.19. The van der Waals surface area contributed by atoms with Crippen molar-refractivity contribution in [1.29, 1.82) is 0 Å². The summed E-state index contributed by atoms with van der Waals surface area (Å²) >= 11 is 0. The number of fused-ring (bicyclic) bond motifs is 1. The summed E-state index contributed by atoms with van der Waals surface area (Å²) in [5.74, 6) is -3.53. The van der Waals surface area contributed by atoms with Crippen LogP contribution in [-0.4, -0.2) is 38.1 Å². The van der Waals surface area contributed by atoms with Crippen LogP contribution in [-0.2, 0) is 32.7 Å². The molecule has 0 amide bonds. The number of carboxylic acid groups (broad SMARTS) is 1. The van der Waals surface area contributed by atoms with Crippen molar-refractivity contribution in [3.8, 4) is 11.5 Å². The quantitative estimate of drug-likeness (QED) is 0.268. The van der Waals surface area contributed by atoms with Gasteiger partial charge in [-0.3, -0.25) is 4.79 Å². The van der Waals surface area contributed by atoms with Gasteiger partial charge in [-0.05, 0) is 32.3 Å². The summed E-state index contributed by atoms with van der Waals surface area (Å²) in [5, 5.41) is 9.03. The second-order valence-corrected chi connectivity index (χ2v) is 8.61. The average molecular weight is 466 g/mol. The number of aliphatic carboxylic acids is 1. The van der Waals surface area contributed by atoms with Crippen LogP contribution < -0.4 is 8.92 Å². The molecule has 0 bridgehead atoms. The molecule has 0 fully saturated rings. The van der Waals surface area contributed by atoms with Crippen LogP contribution in [0, 0.1) is 12.8 Å². The van der Waals surface area contributed by atoms with Crippen molar-refractivity contribution >= 4 is 22.1 Å². The first kappa shape index (κ1) is 24.5. The van der Waals surface area contributed by atoms with E-state index in [1.54, 1.807) is 13.8 Å². The van der Waals surface area contributed by atoms with E-state index in [1.807, 2.05) is 0 Å². The molecule has 0 spiro atoms. The Bertz CT molecular complexity index is 1040. The molecule has 0 radical (unpaired) electrons. The van der Waals surface area contributed by atoms with Crippen LogP contribution in [0.1, 0.15) is 47.3 Å². The van der Waals surface area contributed by atoms with E-state index in [1.165, 1.54) is 20.1 Å². The molecule has 2 rings (SSSR count). The van der Waals surface area contributed by atoms with Gasteiger partial charge in [0.1, 0.15) is 17.9 Å². The van der Waals surface area contributed by atoms with E-state index in [2.05, 4.69) is 4.18 Å². The van der Waals surface area contributed by atoms with Crippen LogP contribution in [0.4, 0.5) is 13.2 Å². The van der Waals surface area contributed by atoms with Crippen molar-refractivity contribution in [3.05, 3.63) is 33.9 Å². The number of methoxy groups -OCH3 is 1. The molecule has 172 valence electrons. The van der Waals surface area contributed by atoms with E-state index in [4.69, 9.17) is 14.6 Å². The second kappa shape index (κ2) is 8.77. The van der Waals surface area contributed by atoms with E-state index in [9.17, 15) is 31.2 Å². The van der Waals surface area contributed by atoms with Gasteiger partial charge in [0.15, 0.2) is 5.75 Å². The van der Waals surface area contributed by atoms with Crippen molar-refractivity contribution in [2.45, 2.75) is 45.7 Å². The molecule has 1 N–H and O–H groups in total. The van der Waals surface area contributed by atoms with Crippen molar-refractivity contribution in [3.63, 3.8) is 0 Å². The lowest BCUT2D eigenvalue weighted by atomic mass is 9.94. The number of allylic oxidation sites excluding steroid dienone is 2. The van der Waals surface area contributed by atoms with Gasteiger partial charge in [-0.1, -0.05) is 18.6 Å². The number of benzene rings is 1. The Morgan fingerprint density at radius 2 is 1.94 bits per heavy atom. The van der Waals surface area contributed by atoms with Crippen LogP contribution in [0.15, 0.2) is 11.6 Å². The predicted molar refractivity (Wildman–Crippen MR) is 101 cm³/mol. The van der Waals surface area contributed by atoms with Crippen LogP contribution in [0.2, 0.25) is 0 Å². The molecular weight excluding hydrogens is 445 g/mol. The zero-order valence-electron chi connectivity index (χ0n) is 17.1. The fourth-order valence-corrected chi connectivity index (χ4v) is 3.69. The highest BCUT2D eigenvalue weighted by Gasteiger charge is 2.50. The van der Waals surface area contributed by atoms with Crippen molar-refractivity contribution in [1.82, 2.24) is 0 Å². The smallest absolute Gasteiger partial charge is 0.496 e. The monoisotopic (exact) mass is 466 g/mol. The van der Waals surface area contributed by atoms with Gasteiger partial charge in [-0.25, -0.2) is 4.79 Å². The van der Waals surface area contributed by atoms with E-state index < -0.39 is 44.8 Å². The van der Waals surface area contributed by atoms with Gasteiger partial charge < -0.3 is 18.8 Å². The van der Waals surface area contributed by atoms with Gasteiger partial charge in [-0.15, -0.1) is 0 Å². The van der Waals surface area contributed by atoms with Crippen molar-refractivity contribution < 1.29 is 49.9 Å². The first-order valence-electron chi connectivity index (χ1n) is 8.99. The lowest BCUT2D eigenvalue weighted by Crippen LogP contribution is -2.29. The number of alkyl halides is 3. The molecule has 0 aliphatic carbocycles. The molecule has 0 saturated heterocycles. The van der Waals surface area contributed by atoms with E-state index in [0.29, 0.717) is 11.1 Å². The zero-order valence-corrected chi connectivity index (χ0v) is 17.9. The lowest BCUT2D eigenvalue weighted by Gasteiger charge is -2.19. The first-order valence-corrected chi connectivity index (χ1v) is 10.4. The number of carbonyl (C=O) groups excluding carboxylic acids is 1. The molecule has 1 aromatic carbocycles. The van der Waals surface area contributed by atoms with Crippen molar-refractivity contribution in [2.75, 3.05) is 7.11 Å². The minimum Gasteiger partial charge on any atom is -0.496 e. The lowest BCUT2D eigenvalue weighted by molar-refractivity contribution is -0.141. The number of hydrogen-bond donors (Lipinski definition) is 1. The van der Waals surface area contributed by atoms with E-state index in [0.717, 1.165) is 0 Å². The third-order valence-corrected chi connectivity index (χ3v) is 5.76. The minimum absolute atomic E-state index is 0.0414. The Balaban J connectivity index is 2.66. The Labute approximate surface area is 176 Å². The van der Waals surface area contributed by atoms with Crippen molar-refractivity contribution in [2.24, 2.45) is 5.92 Å². The topological polar surface area (TPSA) is 116 Å². The SMILES string of the molecule is COc1c(C)c2c(c(OS(=O)(=O)C(F)(F)F)c1C/C=C(\C)CC(C)C(=O)O)C(=O)OC2. The molecule has 0 saturated carbocycles.